The number of ether oxygens (including phenoxy) is 1. The number of nitrogens with two attached hydrogens (primary N) is 1. The van der Waals surface area contributed by atoms with Crippen molar-refractivity contribution in [1.82, 2.24) is 4.31 Å². The van der Waals surface area contributed by atoms with E-state index in [1.54, 1.807) is 38.1 Å². The number of nitrogens with zero attached hydrogens (tertiary/aromatic N) is 1. The number of methoxy groups -OCH3 is 1. The average Bonchev–Trinajstić information content (AvgIpc) is 2.37. The molecule has 1 rings (SSSR count). The predicted octanol–water partition coefficient (Wildman–Crippen LogP) is 0.982. The number of sulfonamides is 1. The zero-order chi connectivity index (χ0) is 15.3. The van der Waals surface area contributed by atoms with Gasteiger partial charge in [-0.3, -0.25) is 4.79 Å². The normalized spacial score (nSPS) is 11.8. The number of benzene rings is 1. The van der Waals surface area contributed by atoms with Crippen molar-refractivity contribution >= 4 is 21.7 Å². The fraction of sp³-hybridized carbons (Fsp3) is 0.462. The summed E-state index contributed by atoms with van der Waals surface area (Å²) in [5.74, 6) is -0.835. The maximum atomic E-state index is 12.4. The number of para-hydroxylation sites is 1. The van der Waals surface area contributed by atoms with Crippen LogP contribution in [0.1, 0.15) is 19.4 Å². The molecule has 6 nitrogen and oxygen atoms in total. The number of hydrogen-bond acceptors (Lipinski definition) is 5. The van der Waals surface area contributed by atoms with Gasteiger partial charge in [0.2, 0.25) is 10.0 Å². The molecule has 7 heteroatoms. The van der Waals surface area contributed by atoms with Gasteiger partial charge in [0.25, 0.3) is 0 Å². The van der Waals surface area contributed by atoms with Crippen LogP contribution in [0.15, 0.2) is 24.3 Å². The standard InChI is InChI=1S/C13H20N2O4S/c1-10(2)15(8-13(16)19-3)20(17,18)9-11-6-4-5-7-12(11)14/h4-7,10H,8-9,14H2,1-3H3. The molecule has 0 aromatic heterocycles. The van der Waals surface area contributed by atoms with E-state index in [4.69, 9.17) is 5.73 Å². The van der Waals surface area contributed by atoms with Crippen LogP contribution >= 0.6 is 0 Å². The second kappa shape index (κ2) is 6.71. The summed E-state index contributed by atoms with van der Waals surface area (Å²) in [4.78, 5) is 11.3. The maximum Gasteiger partial charge on any atom is 0.321 e. The lowest BCUT2D eigenvalue weighted by Gasteiger charge is -2.25. The SMILES string of the molecule is COC(=O)CN(C(C)C)S(=O)(=O)Cc1ccccc1N. The van der Waals surface area contributed by atoms with Gasteiger partial charge in [-0.05, 0) is 25.5 Å². The highest BCUT2D eigenvalue weighted by molar-refractivity contribution is 7.88. The summed E-state index contributed by atoms with van der Waals surface area (Å²) in [6.07, 6.45) is 0. The molecule has 0 aliphatic heterocycles. The van der Waals surface area contributed by atoms with Crippen molar-refractivity contribution in [1.29, 1.82) is 0 Å². The molecule has 0 unspecified atom stereocenters. The molecular formula is C13H20N2O4S. The van der Waals surface area contributed by atoms with Crippen molar-refractivity contribution in [3.05, 3.63) is 29.8 Å². The van der Waals surface area contributed by atoms with Gasteiger partial charge in [0.05, 0.1) is 12.9 Å². The van der Waals surface area contributed by atoms with Crippen molar-refractivity contribution in [3.63, 3.8) is 0 Å². The molecule has 0 aliphatic rings. The molecule has 0 saturated carbocycles. The van der Waals surface area contributed by atoms with Crippen LogP contribution in [0.4, 0.5) is 5.69 Å². The first-order chi connectivity index (χ1) is 9.27. The fourth-order valence-corrected chi connectivity index (χ4v) is 3.51. The van der Waals surface area contributed by atoms with Crippen LogP contribution < -0.4 is 5.73 Å². The Balaban J connectivity index is 3.00. The lowest BCUT2D eigenvalue weighted by molar-refractivity contribution is -0.141. The lowest BCUT2D eigenvalue weighted by Crippen LogP contribution is -2.41. The summed E-state index contributed by atoms with van der Waals surface area (Å²) in [6, 6.07) is 6.42. The molecule has 0 aliphatic carbocycles. The number of rotatable bonds is 6. The number of hydrogen-bond donors (Lipinski definition) is 1. The smallest absolute Gasteiger partial charge is 0.321 e. The third-order valence-corrected chi connectivity index (χ3v) is 4.78. The van der Waals surface area contributed by atoms with Gasteiger partial charge < -0.3 is 10.5 Å². The number of carbonyl (C=O) groups is 1. The first kappa shape index (κ1) is 16.5. The summed E-state index contributed by atoms with van der Waals surface area (Å²) in [6.45, 7) is 3.10. The second-order valence-corrected chi connectivity index (χ2v) is 6.59. The minimum atomic E-state index is -3.65. The molecule has 0 atom stereocenters. The van der Waals surface area contributed by atoms with Gasteiger partial charge in [-0.25, -0.2) is 8.42 Å². The minimum Gasteiger partial charge on any atom is -0.468 e. The lowest BCUT2D eigenvalue weighted by atomic mass is 10.2. The molecule has 1 aromatic carbocycles. The molecule has 0 bridgehead atoms. The van der Waals surface area contributed by atoms with E-state index in [1.807, 2.05) is 0 Å². The van der Waals surface area contributed by atoms with Crippen LogP contribution in [-0.2, 0) is 25.3 Å². The van der Waals surface area contributed by atoms with Crippen molar-refractivity contribution in [2.24, 2.45) is 0 Å². The van der Waals surface area contributed by atoms with Gasteiger partial charge in [-0.2, -0.15) is 4.31 Å². The first-order valence-electron chi connectivity index (χ1n) is 6.17. The first-order valence-corrected chi connectivity index (χ1v) is 7.78. The van der Waals surface area contributed by atoms with Crippen LogP contribution in [0.25, 0.3) is 0 Å². The van der Waals surface area contributed by atoms with E-state index >= 15 is 0 Å². The van der Waals surface area contributed by atoms with Gasteiger partial charge in [-0.1, -0.05) is 18.2 Å². The molecule has 112 valence electrons. The van der Waals surface area contributed by atoms with Crippen molar-refractivity contribution in [2.75, 3.05) is 19.4 Å². The predicted molar refractivity (Wildman–Crippen MR) is 77.3 cm³/mol. The largest absolute Gasteiger partial charge is 0.468 e. The van der Waals surface area contributed by atoms with Gasteiger partial charge in [-0.15, -0.1) is 0 Å². The van der Waals surface area contributed by atoms with Gasteiger partial charge in [0, 0.05) is 11.7 Å². The summed E-state index contributed by atoms with van der Waals surface area (Å²) in [7, 11) is -2.42. The Hall–Kier alpha value is -1.60. The van der Waals surface area contributed by atoms with E-state index in [-0.39, 0.29) is 18.3 Å². The zero-order valence-electron chi connectivity index (χ0n) is 11.9. The fourth-order valence-electron chi connectivity index (χ4n) is 1.74. The highest BCUT2D eigenvalue weighted by Crippen LogP contribution is 2.18. The number of carbonyl (C=O) groups excluding carboxylic acids is 1. The Kier molecular flexibility index (Phi) is 5.52. The highest BCUT2D eigenvalue weighted by atomic mass is 32.2. The Bertz CT molecular complexity index is 569. The van der Waals surface area contributed by atoms with E-state index in [1.165, 1.54) is 7.11 Å². The van der Waals surface area contributed by atoms with Crippen LogP contribution in [0.2, 0.25) is 0 Å². The molecule has 20 heavy (non-hydrogen) atoms. The van der Waals surface area contributed by atoms with Crippen LogP contribution in [0.5, 0.6) is 0 Å². The third-order valence-electron chi connectivity index (χ3n) is 2.84. The molecule has 0 radical (unpaired) electrons. The molecule has 2 N–H and O–H groups in total. The van der Waals surface area contributed by atoms with Crippen molar-refractivity contribution < 1.29 is 17.9 Å². The molecule has 1 aromatic rings. The highest BCUT2D eigenvalue weighted by Gasteiger charge is 2.28. The van der Waals surface area contributed by atoms with Crippen LogP contribution in [0, 0.1) is 0 Å². The molecule has 0 saturated heterocycles. The second-order valence-electron chi connectivity index (χ2n) is 4.67. The van der Waals surface area contributed by atoms with Gasteiger partial charge >= 0.3 is 5.97 Å². The third kappa shape index (κ3) is 4.21. The van der Waals surface area contributed by atoms with E-state index in [9.17, 15) is 13.2 Å². The number of anilines is 1. The minimum absolute atomic E-state index is 0.241. The van der Waals surface area contributed by atoms with E-state index in [0.717, 1.165) is 4.31 Å². The van der Waals surface area contributed by atoms with Crippen LogP contribution in [0.3, 0.4) is 0 Å². The summed E-state index contributed by atoms with van der Waals surface area (Å²) < 4.78 is 30.5. The molecule has 0 fully saturated rings. The molecule has 0 heterocycles. The molecular weight excluding hydrogens is 280 g/mol. The van der Waals surface area contributed by atoms with E-state index < -0.39 is 16.0 Å². The Labute approximate surface area is 119 Å². The molecule has 0 spiro atoms. The summed E-state index contributed by atoms with van der Waals surface area (Å²) in [5.41, 5.74) is 6.69. The quantitative estimate of drug-likeness (QED) is 0.625. The Morgan fingerprint density at radius 1 is 1.35 bits per heavy atom. The zero-order valence-corrected chi connectivity index (χ0v) is 12.7. The van der Waals surface area contributed by atoms with E-state index in [2.05, 4.69) is 4.74 Å². The average molecular weight is 300 g/mol. The van der Waals surface area contributed by atoms with E-state index in [0.29, 0.717) is 11.3 Å². The Morgan fingerprint density at radius 3 is 2.45 bits per heavy atom. The van der Waals surface area contributed by atoms with Gasteiger partial charge in [0.1, 0.15) is 6.54 Å². The Morgan fingerprint density at radius 2 is 1.95 bits per heavy atom. The number of esters is 1. The van der Waals surface area contributed by atoms with Crippen LogP contribution in [-0.4, -0.2) is 38.4 Å². The van der Waals surface area contributed by atoms with Gasteiger partial charge in [0.15, 0.2) is 0 Å². The monoisotopic (exact) mass is 300 g/mol. The molecule has 0 amide bonds. The maximum absolute atomic E-state index is 12.4. The number of nitrogen functional groups attached to an aromatic ring is 1. The van der Waals surface area contributed by atoms with Crippen molar-refractivity contribution in [2.45, 2.75) is 25.6 Å². The summed E-state index contributed by atoms with van der Waals surface area (Å²) in [5, 5.41) is 0. The topological polar surface area (TPSA) is 89.7 Å². The van der Waals surface area contributed by atoms with Crippen molar-refractivity contribution in [3.8, 4) is 0 Å². The summed E-state index contributed by atoms with van der Waals surface area (Å²) >= 11 is 0.